The van der Waals surface area contributed by atoms with Crippen LogP contribution in [0.15, 0.2) is 66.7 Å². The minimum atomic E-state index is 0.484. The summed E-state index contributed by atoms with van der Waals surface area (Å²) in [6, 6.07) is 24.1. The summed E-state index contributed by atoms with van der Waals surface area (Å²) in [4.78, 5) is 2.56. The molecule has 0 saturated carbocycles. The van der Waals surface area contributed by atoms with Gasteiger partial charge in [0.1, 0.15) is 6.61 Å². The summed E-state index contributed by atoms with van der Waals surface area (Å²) in [6.45, 7) is 6.99. The van der Waals surface area contributed by atoms with Crippen molar-refractivity contribution in [2.24, 2.45) is 0 Å². The first-order chi connectivity index (χ1) is 14.7. The van der Waals surface area contributed by atoms with Crippen molar-refractivity contribution in [3.8, 4) is 11.5 Å². The van der Waals surface area contributed by atoms with E-state index in [0.29, 0.717) is 12.6 Å². The molecule has 3 nitrogen and oxygen atoms in total. The maximum Gasteiger partial charge on any atom is 0.161 e. The lowest BCUT2D eigenvalue weighted by Crippen LogP contribution is -2.37. The van der Waals surface area contributed by atoms with Gasteiger partial charge in [0, 0.05) is 19.1 Å². The number of benzene rings is 3. The number of hydrogen-bond donors (Lipinski definition) is 0. The van der Waals surface area contributed by atoms with Gasteiger partial charge in [-0.1, -0.05) is 61.5 Å². The van der Waals surface area contributed by atoms with E-state index in [-0.39, 0.29) is 0 Å². The van der Waals surface area contributed by atoms with Crippen LogP contribution >= 0.6 is 0 Å². The van der Waals surface area contributed by atoms with Crippen LogP contribution in [-0.4, -0.2) is 18.1 Å². The van der Waals surface area contributed by atoms with Gasteiger partial charge in [-0.15, -0.1) is 0 Å². The third-order valence-electron chi connectivity index (χ3n) is 6.02. The lowest BCUT2D eigenvalue weighted by atomic mass is 9.93. The zero-order valence-electron chi connectivity index (χ0n) is 18.2. The van der Waals surface area contributed by atoms with Crippen molar-refractivity contribution in [1.29, 1.82) is 0 Å². The molecule has 1 unspecified atom stereocenters. The largest absolute Gasteiger partial charge is 0.493 e. The number of fused-ring (bicyclic) bond motifs is 1. The van der Waals surface area contributed by atoms with Gasteiger partial charge >= 0.3 is 0 Å². The van der Waals surface area contributed by atoms with Crippen LogP contribution in [0.2, 0.25) is 0 Å². The van der Waals surface area contributed by atoms with Crippen molar-refractivity contribution < 1.29 is 9.47 Å². The molecule has 0 saturated heterocycles. The Balaban J connectivity index is 1.51. The van der Waals surface area contributed by atoms with Crippen molar-refractivity contribution in [2.75, 3.05) is 7.11 Å². The third kappa shape index (κ3) is 4.68. The number of nitrogens with zero attached hydrogens (tertiary/aromatic N) is 1. The Labute approximate surface area is 180 Å². The van der Waals surface area contributed by atoms with Gasteiger partial charge < -0.3 is 9.47 Å². The molecule has 0 spiro atoms. The average molecular weight is 402 g/mol. The van der Waals surface area contributed by atoms with Gasteiger partial charge in [-0.3, -0.25) is 4.90 Å². The predicted octanol–water partition coefficient (Wildman–Crippen LogP) is 5.78. The Morgan fingerprint density at radius 3 is 2.37 bits per heavy atom. The topological polar surface area (TPSA) is 21.7 Å². The van der Waals surface area contributed by atoms with Gasteiger partial charge in [0.15, 0.2) is 11.5 Å². The molecule has 3 heteroatoms. The van der Waals surface area contributed by atoms with Crippen LogP contribution < -0.4 is 9.47 Å². The molecular formula is C27H31NO2. The lowest BCUT2D eigenvalue weighted by molar-refractivity contribution is 0.174. The minimum Gasteiger partial charge on any atom is -0.493 e. The first kappa shape index (κ1) is 20.5. The molecule has 0 bridgehead atoms. The molecule has 0 amide bonds. The number of hydrogen-bond acceptors (Lipinski definition) is 3. The predicted molar refractivity (Wildman–Crippen MR) is 122 cm³/mol. The number of rotatable bonds is 7. The van der Waals surface area contributed by atoms with Crippen molar-refractivity contribution in [1.82, 2.24) is 4.90 Å². The maximum absolute atomic E-state index is 6.12. The first-order valence-corrected chi connectivity index (χ1v) is 10.8. The van der Waals surface area contributed by atoms with E-state index in [0.717, 1.165) is 43.0 Å². The molecule has 1 aliphatic rings. The Morgan fingerprint density at radius 2 is 1.60 bits per heavy atom. The Morgan fingerprint density at radius 1 is 0.867 bits per heavy atom. The molecule has 1 heterocycles. The Hall–Kier alpha value is -2.78. The fourth-order valence-electron chi connectivity index (χ4n) is 4.21. The number of methoxy groups -OCH3 is 1. The summed E-state index contributed by atoms with van der Waals surface area (Å²) in [6.07, 6.45) is 2.10. The molecule has 30 heavy (non-hydrogen) atoms. The van der Waals surface area contributed by atoms with Crippen LogP contribution in [0.25, 0.3) is 0 Å². The summed E-state index contributed by atoms with van der Waals surface area (Å²) in [5, 5.41) is 0. The second-order valence-corrected chi connectivity index (χ2v) is 8.18. The highest BCUT2D eigenvalue weighted by atomic mass is 16.5. The lowest BCUT2D eigenvalue weighted by Gasteiger charge is -2.35. The fraction of sp³-hybridized carbons (Fsp3) is 0.333. The zero-order chi connectivity index (χ0) is 20.9. The maximum atomic E-state index is 6.12. The highest BCUT2D eigenvalue weighted by Gasteiger charge is 2.25. The van der Waals surface area contributed by atoms with Crippen LogP contribution in [0.1, 0.15) is 41.7 Å². The third-order valence-corrected chi connectivity index (χ3v) is 6.02. The van der Waals surface area contributed by atoms with Gasteiger partial charge in [-0.05, 0) is 59.7 Å². The van der Waals surface area contributed by atoms with Crippen LogP contribution in [0.4, 0.5) is 0 Å². The summed E-state index contributed by atoms with van der Waals surface area (Å²) < 4.78 is 11.8. The number of ether oxygens (including phenoxy) is 2. The first-order valence-electron chi connectivity index (χ1n) is 10.8. The molecule has 4 rings (SSSR count). The molecular weight excluding hydrogens is 370 g/mol. The molecule has 0 N–H and O–H groups in total. The average Bonchev–Trinajstić information content (AvgIpc) is 2.78. The summed E-state index contributed by atoms with van der Waals surface area (Å²) >= 11 is 0. The molecule has 156 valence electrons. The SMILES string of the molecule is CCc1cccc(CN2Cc3cc(OC)c(OCc4ccccc4)cc3CC2C)c1. The van der Waals surface area contributed by atoms with E-state index >= 15 is 0 Å². The molecule has 0 aromatic heterocycles. The monoisotopic (exact) mass is 401 g/mol. The standard InChI is InChI=1S/C27H31NO2/c1-4-21-11-8-12-23(14-21)17-28-18-25-16-26(29-3)27(15-24(25)13-20(28)2)30-19-22-9-6-5-7-10-22/h5-12,14-16,20H,4,13,17-19H2,1-3H3. The van der Waals surface area contributed by atoms with Gasteiger partial charge in [0.25, 0.3) is 0 Å². The summed E-state index contributed by atoms with van der Waals surface area (Å²) in [5.41, 5.74) is 6.65. The minimum absolute atomic E-state index is 0.484. The van der Waals surface area contributed by atoms with E-state index < -0.39 is 0 Å². The zero-order valence-corrected chi connectivity index (χ0v) is 18.2. The Bertz CT molecular complexity index is 983. The van der Waals surface area contributed by atoms with Gasteiger partial charge in [0.2, 0.25) is 0 Å². The molecule has 1 atom stereocenters. The van der Waals surface area contributed by atoms with Crippen LogP contribution in [0, 0.1) is 0 Å². The summed E-state index contributed by atoms with van der Waals surface area (Å²) in [7, 11) is 1.72. The van der Waals surface area contributed by atoms with Gasteiger partial charge in [-0.2, -0.15) is 0 Å². The van der Waals surface area contributed by atoms with E-state index in [9.17, 15) is 0 Å². The van der Waals surface area contributed by atoms with E-state index in [1.54, 1.807) is 7.11 Å². The number of aryl methyl sites for hydroxylation is 1. The van der Waals surface area contributed by atoms with E-state index in [4.69, 9.17) is 9.47 Å². The van der Waals surface area contributed by atoms with Gasteiger partial charge in [-0.25, -0.2) is 0 Å². The fourth-order valence-corrected chi connectivity index (χ4v) is 4.21. The van der Waals surface area contributed by atoms with Crippen LogP contribution in [0.3, 0.4) is 0 Å². The van der Waals surface area contributed by atoms with Crippen molar-refractivity contribution in [2.45, 2.75) is 52.4 Å². The van der Waals surface area contributed by atoms with Crippen LogP contribution in [0.5, 0.6) is 11.5 Å². The van der Waals surface area contributed by atoms with Crippen molar-refractivity contribution in [3.63, 3.8) is 0 Å². The van der Waals surface area contributed by atoms with E-state index in [2.05, 4.69) is 67.3 Å². The van der Waals surface area contributed by atoms with Gasteiger partial charge in [0.05, 0.1) is 7.11 Å². The molecule has 3 aromatic carbocycles. The second kappa shape index (κ2) is 9.36. The molecule has 3 aromatic rings. The Kier molecular flexibility index (Phi) is 6.39. The summed E-state index contributed by atoms with van der Waals surface area (Å²) in [5.74, 6) is 1.64. The molecule has 0 radical (unpaired) electrons. The van der Waals surface area contributed by atoms with Crippen molar-refractivity contribution in [3.05, 3.63) is 94.5 Å². The normalized spacial score (nSPS) is 16.2. The highest BCUT2D eigenvalue weighted by molar-refractivity contribution is 5.48. The molecule has 0 aliphatic carbocycles. The smallest absolute Gasteiger partial charge is 0.161 e. The van der Waals surface area contributed by atoms with Crippen molar-refractivity contribution >= 4 is 0 Å². The quantitative estimate of drug-likeness (QED) is 0.501. The molecule has 0 fully saturated rings. The molecule has 1 aliphatic heterocycles. The highest BCUT2D eigenvalue weighted by Crippen LogP contribution is 2.35. The van der Waals surface area contributed by atoms with Crippen LogP contribution in [-0.2, 0) is 32.5 Å². The second-order valence-electron chi connectivity index (χ2n) is 8.18. The van der Waals surface area contributed by atoms with E-state index in [1.165, 1.54) is 22.3 Å². The van der Waals surface area contributed by atoms with E-state index in [1.807, 2.05) is 18.2 Å².